The van der Waals surface area contributed by atoms with Crippen LogP contribution in [0.15, 0.2) is 51.7 Å². The number of fused-ring (bicyclic) bond motifs is 1. The summed E-state index contributed by atoms with van der Waals surface area (Å²) in [4.78, 5) is 25.6. The van der Waals surface area contributed by atoms with Crippen LogP contribution in [0.3, 0.4) is 0 Å². The van der Waals surface area contributed by atoms with E-state index in [1.165, 1.54) is 12.1 Å². The van der Waals surface area contributed by atoms with Crippen molar-refractivity contribution in [2.75, 3.05) is 6.54 Å². The second kappa shape index (κ2) is 7.12. The summed E-state index contributed by atoms with van der Waals surface area (Å²) in [5.74, 6) is -0.794. The van der Waals surface area contributed by atoms with E-state index in [-0.39, 0.29) is 11.7 Å². The van der Waals surface area contributed by atoms with Crippen LogP contribution in [0.4, 0.5) is 4.39 Å². The zero-order valence-electron chi connectivity index (χ0n) is 13.0. The van der Waals surface area contributed by atoms with Gasteiger partial charge in [0.15, 0.2) is 5.58 Å². The molecule has 0 aliphatic rings. The lowest BCUT2D eigenvalue weighted by molar-refractivity contribution is -0.121. The van der Waals surface area contributed by atoms with Gasteiger partial charge in [-0.2, -0.15) is 0 Å². The molecule has 0 unspecified atom stereocenters. The third-order valence-electron chi connectivity index (χ3n) is 3.77. The summed E-state index contributed by atoms with van der Waals surface area (Å²) < 4.78 is 17.7. The number of nitrogens with one attached hydrogen (secondary N) is 2. The molecule has 1 aromatic heterocycles. The number of oxazole rings is 1. The second-order valence-corrected chi connectivity index (χ2v) is 5.57. The average Bonchev–Trinajstić information content (AvgIpc) is 2.94. The summed E-state index contributed by atoms with van der Waals surface area (Å²) in [6, 6.07) is 11.6. The molecule has 0 aliphatic heterocycles. The average molecular weight is 328 g/mol. The number of halogens is 1. The number of rotatable bonds is 6. The van der Waals surface area contributed by atoms with Crippen LogP contribution in [0.1, 0.15) is 17.5 Å². The Morgan fingerprint density at radius 3 is 2.62 bits per heavy atom. The molecule has 3 rings (SSSR count). The van der Waals surface area contributed by atoms with Crippen LogP contribution in [0, 0.1) is 5.82 Å². The Bertz CT molecular complexity index is 897. The lowest BCUT2D eigenvalue weighted by Crippen LogP contribution is -2.25. The highest BCUT2D eigenvalue weighted by atomic mass is 19.1. The summed E-state index contributed by atoms with van der Waals surface area (Å²) >= 11 is 0. The van der Waals surface area contributed by atoms with Crippen molar-refractivity contribution < 1.29 is 13.6 Å². The van der Waals surface area contributed by atoms with Crippen molar-refractivity contribution >= 4 is 17.0 Å². The Hall–Kier alpha value is -2.89. The van der Waals surface area contributed by atoms with Crippen molar-refractivity contribution in [3.05, 3.63) is 70.0 Å². The molecule has 5 nitrogen and oxygen atoms in total. The summed E-state index contributed by atoms with van der Waals surface area (Å²) in [6.45, 7) is 0.512. The molecule has 124 valence electrons. The van der Waals surface area contributed by atoms with Gasteiger partial charge >= 0.3 is 5.76 Å². The first-order valence-corrected chi connectivity index (χ1v) is 7.73. The minimum Gasteiger partial charge on any atom is -0.408 e. The molecule has 0 radical (unpaired) electrons. The maximum Gasteiger partial charge on any atom is 0.417 e. The Kier molecular flexibility index (Phi) is 4.74. The van der Waals surface area contributed by atoms with E-state index in [0.717, 1.165) is 11.1 Å². The molecular formula is C18H17FN2O3. The highest BCUT2D eigenvalue weighted by molar-refractivity contribution is 5.77. The van der Waals surface area contributed by atoms with Gasteiger partial charge in [0.1, 0.15) is 5.82 Å². The number of carbonyl (C=O) groups excluding carboxylic acids is 1. The third-order valence-corrected chi connectivity index (χ3v) is 3.77. The molecule has 0 spiro atoms. The summed E-state index contributed by atoms with van der Waals surface area (Å²) in [5.41, 5.74) is 3.07. The van der Waals surface area contributed by atoms with Gasteiger partial charge in [-0.15, -0.1) is 0 Å². The quantitative estimate of drug-likeness (QED) is 0.730. The van der Waals surface area contributed by atoms with E-state index in [1.807, 2.05) is 12.1 Å². The topological polar surface area (TPSA) is 75.1 Å². The first-order valence-electron chi connectivity index (χ1n) is 7.73. The lowest BCUT2D eigenvalue weighted by atomic mass is 10.1. The van der Waals surface area contributed by atoms with Crippen molar-refractivity contribution in [1.82, 2.24) is 10.3 Å². The largest absolute Gasteiger partial charge is 0.417 e. The van der Waals surface area contributed by atoms with Crippen molar-refractivity contribution in [2.45, 2.75) is 19.3 Å². The van der Waals surface area contributed by atoms with Crippen LogP contribution in [-0.2, 0) is 17.6 Å². The Labute approximate surface area is 137 Å². The molecule has 2 N–H and O–H groups in total. The summed E-state index contributed by atoms with van der Waals surface area (Å²) in [7, 11) is 0. The molecule has 24 heavy (non-hydrogen) atoms. The number of aryl methyl sites for hydroxylation is 1. The van der Waals surface area contributed by atoms with Gasteiger partial charge in [-0.3, -0.25) is 9.78 Å². The van der Waals surface area contributed by atoms with Gasteiger partial charge in [0, 0.05) is 13.0 Å². The van der Waals surface area contributed by atoms with Gasteiger partial charge < -0.3 is 9.73 Å². The zero-order valence-corrected chi connectivity index (χ0v) is 13.0. The number of aromatic amines is 1. The molecule has 3 aromatic rings. The minimum atomic E-state index is -0.485. The van der Waals surface area contributed by atoms with Gasteiger partial charge in [0.2, 0.25) is 5.91 Å². The van der Waals surface area contributed by atoms with Crippen molar-refractivity contribution in [3.8, 4) is 0 Å². The fraction of sp³-hybridized carbons (Fsp3) is 0.222. The van der Waals surface area contributed by atoms with Crippen LogP contribution in [0.25, 0.3) is 11.1 Å². The standard InChI is InChI=1S/C18H17FN2O3/c19-14-5-1-12(2-6-14)9-10-20-17(22)8-4-13-3-7-16-15(11-13)21-18(23)24-16/h1-3,5-7,11H,4,8-10H2,(H,20,22)(H,21,23). The van der Waals surface area contributed by atoms with Crippen molar-refractivity contribution in [3.63, 3.8) is 0 Å². The van der Waals surface area contributed by atoms with Gasteiger partial charge in [-0.1, -0.05) is 18.2 Å². The van der Waals surface area contributed by atoms with Crippen LogP contribution in [0.5, 0.6) is 0 Å². The minimum absolute atomic E-state index is 0.0436. The molecule has 0 fully saturated rings. The predicted octanol–water partition coefficient (Wildman–Crippen LogP) is 2.55. The Morgan fingerprint density at radius 1 is 1.08 bits per heavy atom. The second-order valence-electron chi connectivity index (χ2n) is 5.57. The smallest absolute Gasteiger partial charge is 0.408 e. The molecular weight excluding hydrogens is 311 g/mol. The van der Waals surface area contributed by atoms with Crippen LogP contribution >= 0.6 is 0 Å². The van der Waals surface area contributed by atoms with Gasteiger partial charge in [0.05, 0.1) is 5.52 Å². The molecule has 1 heterocycles. The van der Waals surface area contributed by atoms with E-state index in [9.17, 15) is 14.0 Å². The lowest BCUT2D eigenvalue weighted by Gasteiger charge is -2.06. The van der Waals surface area contributed by atoms with Crippen LogP contribution in [0.2, 0.25) is 0 Å². The number of carbonyl (C=O) groups is 1. The van der Waals surface area contributed by atoms with Gasteiger partial charge in [-0.05, 0) is 48.2 Å². The predicted molar refractivity (Wildman–Crippen MR) is 88.3 cm³/mol. The number of amides is 1. The van der Waals surface area contributed by atoms with Crippen LogP contribution in [-0.4, -0.2) is 17.4 Å². The maximum absolute atomic E-state index is 12.8. The number of H-pyrrole nitrogens is 1. The van der Waals surface area contributed by atoms with Crippen LogP contribution < -0.4 is 11.1 Å². The normalized spacial score (nSPS) is 10.9. The molecule has 0 bridgehead atoms. The first-order chi connectivity index (χ1) is 11.6. The molecule has 1 amide bonds. The van der Waals surface area contributed by atoms with E-state index in [1.54, 1.807) is 18.2 Å². The number of hydrogen-bond donors (Lipinski definition) is 2. The van der Waals surface area contributed by atoms with E-state index in [2.05, 4.69) is 10.3 Å². The van der Waals surface area contributed by atoms with Gasteiger partial charge in [-0.25, -0.2) is 9.18 Å². The van der Waals surface area contributed by atoms with Crippen molar-refractivity contribution in [2.24, 2.45) is 0 Å². The highest BCUT2D eigenvalue weighted by Gasteiger charge is 2.05. The summed E-state index contributed by atoms with van der Waals surface area (Å²) in [5, 5.41) is 2.85. The number of hydrogen-bond acceptors (Lipinski definition) is 3. The van der Waals surface area contributed by atoms with E-state index in [0.29, 0.717) is 36.9 Å². The first kappa shape index (κ1) is 16.0. The SMILES string of the molecule is O=C(CCc1ccc2oc(=O)[nH]c2c1)NCCc1ccc(F)cc1. The van der Waals surface area contributed by atoms with E-state index >= 15 is 0 Å². The van der Waals surface area contributed by atoms with E-state index < -0.39 is 5.76 Å². The molecule has 0 atom stereocenters. The van der Waals surface area contributed by atoms with E-state index in [4.69, 9.17) is 4.42 Å². The molecule has 6 heteroatoms. The molecule has 0 saturated heterocycles. The fourth-order valence-electron chi connectivity index (χ4n) is 2.50. The maximum atomic E-state index is 12.8. The molecule has 0 saturated carbocycles. The zero-order chi connectivity index (χ0) is 16.9. The number of benzene rings is 2. The Morgan fingerprint density at radius 2 is 1.83 bits per heavy atom. The number of aromatic nitrogens is 1. The highest BCUT2D eigenvalue weighted by Crippen LogP contribution is 2.13. The third kappa shape index (κ3) is 4.10. The van der Waals surface area contributed by atoms with Gasteiger partial charge in [0.25, 0.3) is 0 Å². The summed E-state index contributed by atoms with van der Waals surface area (Å²) in [6.07, 6.45) is 1.59. The fourth-order valence-corrected chi connectivity index (χ4v) is 2.50. The monoisotopic (exact) mass is 328 g/mol. The molecule has 0 aliphatic carbocycles. The Balaban J connectivity index is 1.46. The van der Waals surface area contributed by atoms with Crippen molar-refractivity contribution in [1.29, 1.82) is 0 Å². The molecule has 2 aromatic carbocycles.